The van der Waals surface area contributed by atoms with Crippen LogP contribution in [0, 0.1) is 27.9 Å². The van der Waals surface area contributed by atoms with Crippen LogP contribution in [-0.2, 0) is 0 Å². The maximum absolute atomic E-state index is 11.2. The van der Waals surface area contributed by atoms with Crippen LogP contribution in [0.4, 0.5) is 17.3 Å². The highest BCUT2D eigenvalue weighted by molar-refractivity contribution is 5.68. The third kappa shape index (κ3) is 2.28. The summed E-state index contributed by atoms with van der Waals surface area (Å²) in [5, 5.41) is 17.1. The largest absolute Gasteiger partial charge is 0.367 e. The number of aromatic nitrogens is 2. The molecule has 2 bridgehead atoms. The Morgan fingerprint density at radius 2 is 2.15 bits per heavy atom. The summed E-state index contributed by atoms with van der Waals surface area (Å²) in [6, 6.07) is 0. The van der Waals surface area contributed by atoms with Crippen LogP contribution in [0.25, 0.3) is 0 Å². The zero-order chi connectivity index (χ0) is 14.1. The molecule has 3 unspecified atom stereocenters. The summed E-state index contributed by atoms with van der Waals surface area (Å²) in [6.45, 7) is 0.766. The molecule has 0 saturated heterocycles. The summed E-state index contributed by atoms with van der Waals surface area (Å²) in [7, 11) is 1.62. The van der Waals surface area contributed by atoms with Crippen molar-refractivity contribution in [2.45, 2.75) is 25.7 Å². The number of anilines is 2. The van der Waals surface area contributed by atoms with E-state index in [2.05, 4.69) is 20.6 Å². The summed E-state index contributed by atoms with van der Waals surface area (Å²) >= 11 is 0. The monoisotopic (exact) mass is 277 g/mol. The lowest BCUT2D eigenvalue weighted by Gasteiger charge is -2.22. The van der Waals surface area contributed by atoms with Crippen molar-refractivity contribution in [1.82, 2.24) is 9.97 Å². The molecule has 20 heavy (non-hydrogen) atoms. The normalized spacial score (nSPS) is 27.6. The predicted octanol–water partition coefficient (Wildman–Crippen LogP) is 2.27. The van der Waals surface area contributed by atoms with Gasteiger partial charge in [0.15, 0.2) is 0 Å². The molecule has 0 aromatic carbocycles. The Kier molecular flexibility index (Phi) is 3.42. The molecular weight excluding hydrogens is 258 g/mol. The van der Waals surface area contributed by atoms with E-state index in [0.717, 1.165) is 18.4 Å². The minimum atomic E-state index is -0.436. The molecule has 2 saturated carbocycles. The molecule has 0 radical (unpaired) electrons. The van der Waals surface area contributed by atoms with E-state index in [-0.39, 0.29) is 11.5 Å². The first-order valence-corrected chi connectivity index (χ1v) is 7.10. The molecule has 0 amide bonds. The first-order valence-electron chi connectivity index (χ1n) is 7.10. The molecule has 2 aliphatic carbocycles. The standard InChI is InChI=1S/C13H19N5O2/c1-14-12-11(18(19)20)13(17-7-16-12)15-6-10-5-8-2-3-9(10)4-8/h7-10H,2-6H2,1H3,(H2,14,15,16,17). The van der Waals surface area contributed by atoms with Gasteiger partial charge in [-0.05, 0) is 37.0 Å². The van der Waals surface area contributed by atoms with Crippen LogP contribution in [0.1, 0.15) is 25.7 Å². The number of nitro groups is 1. The van der Waals surface area contributed by atoms with Crippen LogP contribution >= 0.6 is 0 Å². The Morgan fingerprint density at radius 3 is 2.75 bits per heavy atom. The summed E-state index contributed by atoms with van der Waals surface area (Å²) in [4.78, 5) is 18.7. The molecule has 0 spiro atoms. The van der Waals surface area contributed by atoms with Crippen LogP contribution in [0.2, 0.25) is 0 Å². The zero-order valence-electron chi connectivity index (χ0n) is 11.5. The minimum absolute atomic E-state index is 0.0712. The van der Waals surface area contributed by atoms with Gasteiger partial charge in [0.2, 0.25) is 11.6 Å². The number of hydrogen-bond acceptors (Lipinski definition) is 6. The molecule has 7 nitrogen and oxygen atoms in total. The smallest absolute Gasteiger partial charge is 0.353 e. The van der Waals surface area contributed by atoms with E-state index < -0.39 is 4.92 Å². The van der Waals surface area contributed by atoms with Crippen molar-refractivity contribution < 1.29 is 4.92 Å². The molecule has 1 aromatic heterocycles. The van der Waals surface area contributed by atoms with Crippen LogP contribution in [0.15, 0.2) is 6.33 Å². The van der Waals surface area contributed by atoms with Crippen LogP contribution in [0.3, 0.4) is 0 Å². The van der Waals surface area contributed by atoms with Crippen molar-refractivity contribution in [3.05, 3.63) is 16.4 Å². The summed E-state index contributed by atoms with van der Waals surface area (Å²) in [5.74, 6) is 2.86. The number of hydrogen-bond donors (Lipinski definition) is 2. The van der Waals surface area contributed by atoms with Crippen LogP contribution in [0.5, 0.6) is 0 Å². The van der Waals surface area contributed by atoms with Crippen LogP contribution < -0.4 is 10.6 Å². The average molecular weight is 277 g/mol. The van der Waals surface area contributed by atoms with E-state index in [1.54, 1.807) is 7.05 Å². The maximum atomic E-state index is 11.2. The Balaban J connectivity index is 1.72. The lowest BCUT2D eigenvalue weighted by molar-refractivity contribution is -0.383. The first kappa shape index (κ1) is 13.1. The molecule has 0 aliphatic heterocycles. The molecule has 1 heterocycles. The van der Waals surface area contributed by atoms with Gasteiger partial charge >= 0.3 is 5.69 Å². The maximum Gasteiger partial charge on any atom is 0.353 e. The molecule has 2 aliphatic rings. The number of nitrogens with one attached hydrogen (secondary N) is 2. The van der Waals surface area contributed by atoms with Gasteiger partial charge in [0.25, 0.3) is 0 Å². The van der Waals surface area contributed by atoms with Gasteiger partial charge in [-0.3, -0.25) is 10.1 Å². The van der Waals surface area contributed by atoms with E-state index in [9.17, 15) is 10.1 Å². The molecule has 2 N–H and O–H groups in total. The number of fused-ring (bicyclic) bond motifs is 2. The second kappa shape index (κ2) is 5.22. The third-order valence-corrected chi connectivity index (χ3v) is 4.66. The van der Waals surface area contributed by atoms with Gasteiger partial charge in [0, 0.05) is 13.6 Å². The Hall–Kier alpha value is -1.92. The Bertz CT molecular complexity index is 521. The summed E-state index contributed by atoms with van der Waals surface area (Å²) in [6.07, 6.45) is 6.60. The molecule has 3 atom stereocenters. The topological polar surface area (TPSA) is 93.0 Å². The third-order valence-electron chi connectivity index (χ3n) is 4.66. The molecule has 7 heteroatoms. The second-order valence-corrected chi connectivity index (χ2v) is 5.74. The first-order chi connectivity index (χ1) is 9.69. The fourth-order valence-electron chi connectivity index (χ4n) is 3.72. The van der Waals surface area contributed by atoms with Gasteiger partial charge < -0.3 is 10.6 Å². The minimum Gasteiger partial charge on any atom is -0.367 e. The van der Waals surface area contributed by atoms with E-state index in [1.165, 1.54) is 32.0 Å². The van der Waals surface area contributed by atoms with Crippen molar-refractivity contribution in [3.8, 4) is 0 Å². The SMILES string of the molecule is CNc1ncnc(NCC2CC3CCC2C3)c1[N+](=O)[O-]. The van der Waals surface area contributed by atoms with Crippen LogP contribution in [-0.4, -0.2) is 28.5 Å². The van der Waals surface area contributed by atoms with Gasteiger partial charge in [-0.15, -0.1) is 0 Å². The second-order valence-electron chi connectivity index (χ2n) is 5.74. The fraction of sp³-hybridized carbons (Fsp3) is 0.692. The number of nitrogens with zero attached hydrogens (tertiary/aromatic N) is 3. The summed E-state index contributed by atoms with van der Waals surface area (Å²) in [5.41, 5.74) is -0.0712. The predicted molar refractivity (Wildman–Crippen MR) is 75.7 cm³/mol. The Labute approximate surface area is 117 Å². The van der Waals surface area contributed by atoms with E-state index in [0.29, 0.717) is 11.7 Å². The van der Waals surface area contributed by atoms with Crippen molar-refractivity contribution in [2.75, 3.05) is 24.2 Å². The van der Waals surface area contributed by atoms with Gasteiger partial charge in [0.05, 0.1) is 4.92 Å². The fourth-order valence-corrected chi connectivity index (χ4v) is 3.72. The van der Waals surface area contributed by atoms with Gasteiger partial charge in [-0.1, -0.05) is 6.42 Å². The van der Waals surface area contributed by atoms with E-state index in [1.807, 2.05) is 0 Å². The van der Waals surface area contributed by atoms with Crippen molar-refractivity contribution in [1.29, 1.82) is 0 Å². The van der Waals surface area contributed by atoms with Gasteiger partial charge in [-0.25, -0.2) is 9.97 Å². The zero-order valence-corrected chi connectivity index (χ0v) is 11.5. The van der Waals surface area contributed by atoms with E-state index >= 15 is 0 Å². The quantitative estimate of drug-likeness (QED) is 0.633. The lowest BCUT2D eigenvalue weighted by Crippen LogP contribution is -2.21. The number of rotatable bonds is 5. The highest BCUT2D eigenvalue weighted by atomic mass is 16.6. The lowest BCUT2D eigenvalue weighted by atomic mass is 9.89. The highest BCUT2D eigenvalue weighted by Gasteiger charge is 2.39. The highest BCUT2D eigenvalue weighted by Crippen LogP contribution is 2.48. The van der Waals surface area contributed by atoms with Crippen molar-refractivity contribution in [3.63, 3.8) is 0 Å². The van der Waals surface area contributed by atoms with Crippen molar-refractivity contribution in [2.24, 2.45) is 17.8 Å². The molecular formula is C13H19N5O2. The van der Waals surface area contributed by atoms with Gasteiger partial charge in [-0.2, -0.15) is 0 Å². The summed E-state index contributed by atoms with van der Waals surface area (Å²) < 4.78 is 0. The van der Waals surface area contributed by atoms with Gasteiger partial charge in [0.1, 0.15) is 6.33 Å². The molecule has 108 valence electrons. The average Bonchev–Trinajstić information content (AvgIpc) is 3.06. The van der Waals surface area contributed by atoms with E-state index in [4.69, 9.17) is 0 Å². The Morgan fingerprint density at radius 1 is 1.35 bits per heavy atom. The molecule has 1 aromatic rings. The molecule has 2 fully saturated rings. The van der Waals surface area contributed by atoms with Crippen molar-refractivity contribution >= 4 is 17.3 Å². The molecule has 3 rings (SSSR count).